The topological polar surface area (TPSA) is 33.1 Å². The predicted octanol–water partition coefficient (Wildman–Crippen LogP) is -0.461. The second-order valence-corrected chi connectivity index (χ2v) is 3.18. The SMILES string of the molecule is CC(O)c1ccc(/C=C/[B-](F)(F)F)nc1.[K+]. The Balaban J connectivity index is 0.00000225. The van der Waals surface area contributed by atoms with E-state index < -0.39 is 13.1 Å². The van der Waals surface area contributed by atoms with Gasteiger partial charge >= 0.3 is 58.4 Å². The molecular formula is C9H10BF3KNO. The molecule has 0 aromatic carbocycles. The Hall–Kier alpha value is 0.341. The molecule has 0 aliphatic heterocycles. The number of rotatable bonds is 3. The monoisotopic (exact) mass is 255 g/mol. The van der Waals surface area contributed by atoms with Crippen LogP contribution in [0, 0.1) is 0 Å². The van der Waals surface area contributed by atoms with E-state index in [1.165, 1.54) is 12.3 Å². The molecule has 0 radical (unpaired) electrons. The summed E-state index contributed by atoms with van der Waals surface area (Å²) in [5.41, 5.74) is 0.795. The van der Waals surface area contributed by atoms with Gasteiger partial charge in [-0.3, -0.25) is 4.98 Å². The van der Waals surface area contributed by atoms with E-state index in [9.17, 15) is 12.9 Å². The first-order valence-corrected chi connectivity index (χ1v) is 4.42. The number of pyridine rings is 1. The minimum Gasteiger partial charge on any atom is -0.445 e. The minimum atomic E-state index is -4.92. The van der Waals surface area contributed by atoms with Crippen molar-refractivity contribution >= 4 is 13.1 Å². The van der Waals surface area contributed by atoms with E-state index in [1.54, 1.807) is 13.0 Å². The summed E-state index contributed by atoms with van der Waals surface area (Å²) in [6, 6.07) is 2.97. The molecular weight excluding hydrogens is 245 g/mol. The van der Waals surface area contributed by atoms with Crippen LogP contribution in [0.4, 0.5) is 12.9 Å². The van der Waals surface area contributed by atoms with Crippen LogP contribution >= 0.6 is 0 Å². The molecule has 1 N–H and O–H groups in total. The quantitative estimate of drug-likeness (QED) is 0.741. The molecule has 0 aliphatic carbocycles. The van der Waals surface area contributed by atoms with Gasteiger partial charge in [0.2, 0.25) is 0 Å². The maximum absolute atomic E-state index is 11.9. The second-order valence-electron chi connectivity index (χ2n) is 3.18. The van der Waals surface area contributed by atoms with E-state index >= 15 is 0 Å². The summed E-state index contributed by atoms with van der Waals surface area (Å²) in [7, 11) is 0. The van der Waals surface area contributed by atoms with Crippen LogP contribution in [0.15, 0.2) is 24.3 Å². The first-order valence-electron chi connectivity index (χ1n) is 4.42. The van der Waals surface area contributed by atoms with Crippen LogP contribution in [-0.4, -0.2) is 17.1 Å². The average molecular weight is 255 g/mol. The zero-order valence-electron chi connectivity index (χ0n) is 9.07. The molecule has 0 fully saturated rings. The van der Waals surface area contributed by atoms with Gasteiger partial charge in [-0.1, -0.05) is 12.1 Å². The van der Waals surface area contributed by atoms with Crippen molar-refractivity contribution in [1.82, 2.24) is 4.98 Å². The number of aliphatic hydroxyl groups excluding tert-OH is 1. The summed E-state index contributed by atoms with van der Waals surface area (Å²) in [5, 5.41) is 9.14. The molecule has 1 atom stereocenters. The fourth-order valence-electron chi connectivity index (χ4n) is 0.970. The van der Waals surface area contributed by atoms with Crippen molar-refractivity contribution in [3.05, 3.63) is 35.6 Å². The van der Waals surface area contributed by atoms with Crippen LogP contribution in [0.5, 0.6) is 0 Å². The largest absolute Gasteiger partial charge is 1.00 e. The van der Waals surface area contributed by atoms with Crippen LogP contribution in [0.1, 0.15) is 24.3 Å². The smallest absolute Gasteiger partial charge is 0.445 e. The number of halogens is 3. The van der Waals surface area contributed by atoms with Gasteiger partial charge in [-0.15, -0.1) is 5.98 Å². The van der Waals surface area contributed by atoms with E-state index in [1.807, 2.05) is 0 Å². The van der Waals surface area contributed by atoms with Crippen LogP contribution in [0.3, 0.4) is 0 Å². The summed E-state index contributed by atoms with van der Waals surface area (Å²) >= 11 is 0. The van der Waals surface area contributed by atoms with Gasteiger partial charge in [-0.25, -0.2) is 0 Å². The van der Waals surface area contributed by atoms with E-state index in [2.05, 4.69) is 4.98 Å². The van der Waals surface area contributed by atoms with Crippen molar-refractivity contribution in [2.75, 3.05) is 0 Å². The van der Waals surface area contributed by atoms with E-state index in [-0.39, 0.29) is 63.1 Å². The summed E-state index contributed by atoms with van der Waals surface area (Å²) in [6.07, 6.45) is 1.60. The van der Waals surface area contributed by atoms with Gasteiger partial charge in [0.15, 0.2) is 0 Å². The molecule has 0 saturated heterocycles. The van der Waals surface area contributed by atoms with Crippen molar-refractivity contribution in [3.8, 4) is 0 Å². The van der Waals surface area contributed by atoms with Gasteiger partial charge in [0.25, 0.3) is 0 Å². The molecule has 1 aromatic rings. The fourth-order valence-corrected chi connectivity index (χ4v) is 0.970. The molecule has 1 unspecified atom stereocenters. The first kappa shape index (κ1) is 16.3. The molecule has 2 nitrogen and oxygen atoms in total. The normalized spacial score (nSPS) is 13.6. The molecule has 0 bridgehead atoms. The number of hydrogen-bond acceptors (Lipinski definition) is 2. The molecule has 1 aromatic heterocycles. The van der Waals surface area contributed by atoms with E-state index in [0.717, 1.165) is 6.08 Å². The van der Waals surface area contributed by atoms with Crippen LogP contribution in [0.25, 0.3) is 6.08 Å². The Morgan fingerprint density at radius 3 is 2.38 bits per heavy atom. The maximum Gasteiger partial charge on any atom is 1.00 e. The van der Waals surface area contributed by atoms with Crippen molar-refractivity contribution < 1.29 is 69.4 Å². The van der Waals surface area contributed by atoms with Crippen molar-refractivity contribution in [3.63, 3.8) is 0 Å². The zero-order chi connectivity index (χ0) is 11.5. The molecule has 16 heavy (non-hydrogen) atoms. The van der Waals surface area contributed by atoms with E-state index in [0.29, 0.717) is 5.56 Å². The molecule has 7 heteroatoms. The Kier molecular flexibility index (Phi) is 7.08. The molecule has 0 amide bonds. The van der Waals surface area contributed by atoms with Gasteiger partial charge in [0.1, 0.15) is 0 Å². The number of aromatic nitrogens is 1. The van der Waals surface area contributed by atoms with Crippen LogP contribution in [-0.2, 0) is 0 Å². The predicted molar refractivity (Wildman–Crippen MR) is 53.0 cm³/mol. The molecule has 82 valence electrons. The first-order chi connectivity index (χ1) is 6.88. The Morgan fingerprint density at radius 1 is 1.38 bits per heavy atom. The molecule has 1 heterocycles. The Bertz CT molecular complexity index is 351. The van der Waals surface area contributed by atoms with E-state index in [4.69, 9.17) is 5.11 Å². The number of hydrogen-bond donors (Lipinski definition) is 1. The summed E-state index contributed by atoms with van der Waals surface area (Å²) < 4.78 is 35.6. The van der Waals surface area contributed by atoms with Gasteiger partial charge in [0.05, 0.1) is 11.8 Å². The maximum atomic E-state index is 11.9. The van der Waals surface area contributed by atoms with Gasteiger partial charge < -0.3 is 18.1 Å². The minimum absolute atomic E-state index is 0. The zero-order valence-corrected chi connectivity index (χ0v) is 12.2. The van der Waals surface area contributed by atoms with Crippen molar-refractivity contribution in [2.45, 2.75) is 13.0 Å². The van der Waals surface area contributed by atoms with Gasteiger partial charge in [0, 0.05) is 6.20 Å². The molecule has 0 saturated carbocycles. The van der Waals surface area contributed by atoms with Crippen LogP contribution in [0.2, 0.25) is 0 Å². The third kappa shape index (κ3) is 6.17. The van der Waals surface area contributed by atoms with Crippen LogP contribution < -0.4 is 51.4 Å². The van der Waals surface area contributed by atoms with Crippen molar-refractivity contribution in [2.24, 2.45) is 0 Å². The van der Waals surface area contributed by atoms with Crippen molar-refractivity contribution in [1.29, 1.82) is 0 Å². The average Bonchev–Trinajstić information content (AvgIpc) is 2.14. The second kappa shape index (κ2) is 6.93. The number of nitrogens with zero attached hydrogens (tertiary/aromatic N) is 1. The molecule has 0 spiro atoms. The Morgan fingerprint density at radius 2 is 2.00 bits per heavy atom. The number of aliphatic hydroxyl groups is 1. The summed E-state index contributed by atoms with van der Waals surface area (Å²) in [4.78, 5) is 3.77. The summed E-state index contributed by atoms with van der Waals surface area (Å²) in [5.74, 6) is 0.185. The summed E-state index contributed by atoms with van der Waals surface area (Å²) in [6.45, 7) is -3.36. The molecule has 0 aliphatic rings. The molecule has 1 rings (SSSR count). The standard InChI is InChI=1S/C9H10BF3NO.K/c1-7(15)8-2-3-9(14-6-8)4-5-10(11,12)13;/h2-7,15H,1H3;/q-1;+1/b5-4+;. The van der Waals surface area contributed by atoms with Gasteiger partial charge in [-0.05, 0) is 18.6 Å². The fraction of sp³-hybridized carbons (Fsp3) is 0.222. The Labute approximate surface area is 134 Å². The van der Waals surface area contributed by atoms with Gasteiger partial charge in [-0.2, -0.15) is 0 Å². The third-order valence-electron chi connectivity index (χ3n) is 1.78. The third-order valence-corrected chi connectivity index (χ3v) is 1.78.